The second kappa shape index (κ2) is 6.66. The molecule has 1 aromatic carbocycles. The van der Waals surface area contributed by atoms with Crippen molar-refractivity contribution in [3.05, 3.63) is 58.0 Å². The van der Waals surface area contributed by atoms with Gasteiger partial charge < -0.3 is 10.6 Å². The highest BCUT2D eigenvalue weighted by Crippen LogP contribution is 2.30. The highest BCUT2D eigenvalue weighted by atomic mass is 16.2. The minimum atomic E-state index is -0.370. The molecule has 1 aliphatic rings. The molecule has 124 valence electrons. The van der Waals surface area contributed by atoms with Crippen LogP contribution in [0.25, 0.3) is 0 Å². The van der Waals surface area contributed by atoms with Crippen molar-refractivity contribution >= 4 is 17.5 Å². The number of aromatic amines is 1. The van der Waals surface area contributed by atoms with Gasteiger partial charge in [-0.3, -0.25) is 14.4 Å². The van der Waals surface area contributed by atoms with Gasteiger partial charge in [-0.25, -0.2) is 5.10 Å². The van der Waals surface area contributed by atoms with Gasteiger partial charge in [-0.15, -0.1) is 0 Å². The number of amides is 2. The molecule has 1 fully saturated rings. The number of hydrogen-bond acceptors (Lipinski definition) is 4. The topological polar surface area (TPSA) is 104 Å². The SMILES string of the molecule is CC(NC(=O)c1ccc(=O)[nH]n1)c1ccc(NC(=O)C2CC2)cc1. The third-order valence-corrected chi connectivity index (χ3v) is 3.89. The number of nitrogens with zero attached hydrogens (tertiary/aromatic N) is 1. The number of anilines is 1. The molecule has 7 nitrogen and oxygen atoms in total. The molecule has 2 amide bonds. The van der Waals surface area contributed by atoms with Crippen LogP contribution < -0.4 is 16.2 Å². The smallest absolute Gasteiger partial charge is 0.272 e. The predicted molar refractivity (Wildman–Crippen MR) is 88.5 cm³/mol. The minimum Gasteiger partial charge on any atom is -0.344 e. The largest absolute Gasteiger partial charge is 0.344 e. The van der Waals surface area contributed by atoms with Crippen LogP contribution in [0, 0.1) is 5.92 Å². The van der Waals surface area contributed by atoms with Crippen molar-refractivity contribution in [1.29, 1.82) is 0 Å². The molecule has 0 spiro atoms. The summed E-state index contributed by atoms with van der Waals surface area (Å²) >= 11 is 0. The summed E-state index contributed by atoms with van der Waals surface area (Å²) in [5.74, 6) is -0.147. The lowest BCUT2D eigenvalue weighted by Gasteiger charge is -2.14. The third-order valence-electron chi connectivity index (χ3n) is 3.89. The van der Waals surface area contributed by atoms with E-state index < -0.39 is 0 Å². The Morgan fingerprint density at radius 2 is 1.88 bits per heavy atom. The van der Waals surface area contributed by atoms with E-state index in [0.29, 0.717) is 0 Å². The van der Waals surface area contributed by atoms with Crippen LogP contribution in [0.3, 0.4) is 0 Å². The van der Waals surface area contributed by atoms with Gasteiger partial charge in [0.2, 0.25) is 5.91 Å². The van der Waals surface area contributed by atoms with Crippen molar-refractivity contribution in [1.82, 2.24) is 15.5 Å². The van der Waals surface area contributed by atoms with Crippen molar-refractivity contribution < 1.29 is 9.59 Å². The first-order valence-electron chi connectivity index (χ1n) is 7.80. The molecule has 0 radical (unpaired) electrons. The summed E-state index contributed by atoms with van der Waals surface area (Å²) in [6.07, 6.45) is 1.93. The van der Waals surface area contributed by atoms with E-state index in [-0.39, 0.29) is 35.0 Å². The molecular weight excluding hydrogens is 308 g/mol. The van der Waals surface area contributed by atoms with E-state index in [1.165, 1.54) is 12.1 Å². The number of nitrogens with one attached hydrogen (secondary N) is 3. The van der Waals surface area contributed by atoms with Gasteiger partial charge in [0, 0.05) is 17.7 Å². The average molecular weight is 326 g/mol. The van der Waals surface area contributed by atoms with Crippen molar-refractivity contribution in [2.45, 2.75) is 25.8 Å². The van der Waals surface area contributed by atoms with Crippen LogP contribution in [0.5, 0.6) is 0 Å². The summed E-state index contributed by atoms with van der Waals surface area (Å²) in [6.45, 7) is 1.85. The van der Waals surface area contributed by atoms with Gasteiger partial charge >= 0.3 is 0 Å². The molecule has 1 saturated carbocycles. The van der Waals surface area contributed by atoms with Crippen molar-refractivity contribution in [3.8, 4) is 0 Å². The lowest BCUT2D eigenvalue weighted by atomic mass is 10.1. The Bertz CT molecular complexity index is 789. The maximum atomic E-state index is 12.1. The van der Waals surface area contributed by atoms with Crippen molar-refractivity contribution in [2.75, 3.05) is 5.32 Å². The van der Waals surface area contributed by atoms with Crippen molar-refractivity contribution in [3.63, 3.8) is 0 Å². The first-order chi connectivity index (χ1) is 11.5. The summed E-state index contributed by atoms with van der Waals surface area (Å²) in [5.41, 5.74) is 1.44. The quantitative estimate of drug-likeness (QED) is 0.776. The maximum absolute atomic E-state index is 12.1. The van der Waals surface area contributed by atoms with Crippen molar-refractivity contribution in [2.24, 2.45) is 5.92 Å². The first kappa shape index (κ1) is 15.9. The van der Waals surface area contributed by atoms with Gasteiger partial charge in [0.05, 0.1) is 6.04 Å². The zero-order valence-corrected chi connectivity index (χ0v) is 13.2. The molecule has 3 rings (SSSR count). The molecule has 7 heteroatoms. The molecule has 3 N–H and O–H groups in total. The summed E-state index contributed by atoms with van der Waals surface area (Å²) < 4.78 is 0. The van der Waals surface area contributed by atoms with Crippen LogP contribution in [-0.4, -0.2) is 22.0 Å². The molecule has 0 aliphatic heterocycles. The number of H-pyrrole nitrogens is 1. The Labute approximate surface area is 138 Å². The predicted octanol–water partition coefficient (Wildman–Crippen LogP) is 1.61. The van der Waals surface area contributed by atoms with E-state index in [4.69, 9.17) is 0 Å². The van der Waals surface area contributed by atoms with Crippen LogP contribution in [0.2, 0.25) is 0 Å². The molecule has 1 heterocycles. The summed E-state index contributed by atoms with van der Waals surface area (Å²) in [7, 11) is 0. The van der Waals surface area contributed by atoms with Crippen LogP contribution in [-0.2, 0) is 4.79 Å². The van der Waals surface area contributed by atoms with E-state index in [9.17, 15) is 14.4 Å². The Morgan fingerprint density at radius 3 is 2.46 bits per heavy atom. The highest BCUT2D eigenvalue weighted by molar-refractivity contribution is 5.94. The Balaban J connectivity index is 1.60. The van der Waals surface area contributed by atoms with E-state index in [1.54, 1.807) is 0 Å². The summed E-state index contributed by atoms with van der Waals surface area (Å²) in [6, 6.07) is 9.73. The molecule has 1 unspecified atom stereocenters. The highest BCUT2D eigenvalue weighted by Gasteiger charge is 2.29. The Kier molecular flexibility index (Phi) is 4.41. The molecular formula is C17H18N4O3. The Hall–Kier alpha value is -2.96. The molecule has 2 aromatic rings. The monoisotopic (exact) mass is 326 g/mol. The summed E-state index contributed by atoms with van der Waals surface area (Å²) in [5, 5.41) is 11.6. The zero-order valence-electron chi connectivity index (χ0n) is 13.2. The van der Waals surface area contributed by atoms with Gasteiger partial charge in [0.1, 0.15) is 5.69 Å². The van der Waals surface area contributed by atoms with Gasteiger partial charge in [-0.1, -0.05) is 12.1 Å². The second-order valence-electron chi connectivity index (χ2n) is 5.89. The number of benzene rings is 1. The normalized spacial score (nSPS) is 14.7. The number of rotatable bonds is 5. The number of carbonyl (C=O) groups excluding carboxylic acids is 2. The van der Waals surface area contributed by atoms with E-state index in [1.807, 2.05) is 31.2 Å². The third kappa shape index (κ3) is 3.87. The van der Waals surface area contributed by atoms with E-state index in [2.05, 4.69) is 20.8 Å². The lowest BCUT2D eigenvalue weighted by molar-refractivity contribution is -0.117. The maximum Gasteiger partial charge on any atom is 0.272 e. The van der Waals surface area contributed by atoms with Gasteiger partial charge in [0.25, 0.3) is 11.5 Å². The molecule has 0 saturated heterocycles. The zero-order chi connectivity index (χ0) is 17.1. The van der Waals surface area contributed by atoms with Crippen LogP contribution in [0.1, 0.15) is 41.9 Å². The van der Waals surface area contributed by atoms with Crippen LogP contribution in [0.4, 0.5) is 5.69 Å². The lowest BCUT2D eigenvalue weighted by Crippen LogP contribution is -2.28. The molecule has 0 bridgehead atoms. The van der Waals surface area contributed by atoms with Crippen LogP contribution >= 0.6 is 0 Å². The molecule has 1 aliphatic carbocycles. The fraction of sp³-hybridized carbons (Fsp3) is 0.294. The van der Waals surface area contributed by atoms with Crippen LogP contribution in [0.15, 0.2) is 41.2 Å². The molecule has 24 heavy (non-hydrogen) atoms. The molecule has 1 atom stereocenters. The number of carbonyl (C=O) groups is 2. The van der Waals surface area contributed by atoms with E-state index in [0.717, 1.165) is 24.1 Å². The van der Waals surface area contributed by atoms with E-state index >= 15 is 0 Å². The number of hydrogen-bond donors (Lipinski definition) is 3. The average Bonchev–Trinajstić information content (AvgIpc) is 3.41. The first-order valence-corrected chi connectivity index (χ1v) is 7.80. The fourth-order valence-corrected chi connectivity index (χ4v) is 2.27. The number of aromatic nitrogens is 2. The minimum absolute atomic E-state index is 0.0632. The van der Waals surface area contributed by atoms with Gasteiger partial charge in [0.15, 0.2) is 0 Å². The fourth-order valence-electron chi connectivity index (χ4n) is 2.27. The summed E-state index contributed by atoms with van der Waals surface area (Å²) in [4.78, 5) is 34.8. The molecule has 1 aromatic heterocycles. The van der Waals surface area contributed by atoms with Gasteiger partial charge in [-0.2, -0.15) is 5.10 Å². The standard InChI is InChI=1S/C17H18N4O3/c1-10(18-17(24)14-8-9-15(22)21-20-14)11-4-6-13(7-5-11)19-16(23)12-2-3-12/h4-10,12H,2-3H2,1H3,(H,18,24)(H,19,23)(H,21,22). The Morgan fingerprint density at radius 1 is 1.17 bits per heavy atom. The van der Waals surface area contributed by atoms with Gasteiger partial charge in [-0.05, 0) is 43.5 Å². The second-order valence-corrected chi connectivity index (χ2v) is 5.89.